The molecular weight excluding hydrogens is 632 g/mol. The second-order valence-corrected chi connectivity index (χ2v) is 18.5. The van der Waals surface area contributed by atoms with Crippen LogP contribution in [-0.4, -0.2) is 106 Å². The second kappa shape index (κ2) is 11.2. The fourth-order valence-electron chi connectivity index (χ4n) is 13.1. The highest BCUT2D eigenvalue weighted by atomic mass is 16.7. The lowest BCUT2D eigenvalue weighted by Crippen LogP contribution is -2.61. The number of aliphatic hydroxyl groups excluding tert-OH is 4. The average Bonchev–Trinajstić information content (AvgIpc) is 3.67. The van der Waals surface area contributed by atoms with E-state index in [2.05, 4.69) is 40.7 Å². The number of hydrogen-bond donors (Lipinski definition) is 5. The fourth-order valence-corrected chi connectivity index (χ4v) is 13.1. The fraction of sp³-hybridized carbons (Fsp3) is 0.921. The molecule has 0 radical (unpaired) electrons. The summed E-state index contributed by atoms with van der Waals surface area (Å²) in [6.45, 7) is 16.0. The number of aliphatic hydroxyl groups is 5. The quantitative estimate of drug-likeness (QED) is 0.205. The molecule has 5 N–H and O–H groups in total. The van der Waals surface area contributed by atoms with Gasteiger partial charge in [-0.1, -0.05) is 46.3 Å². The lowest BCUT2D eigenvalue weighted by Gasteiger charge is -2.60. The summed E-state index contributed by atoms with van der Waals surface area (Å²) in [5, 5.41) is 56.1. The normalized spacial score (nSPS) is 53.6. The Morgan fingerprint density at radius 1 is 1.06 bits per heavy atom. The summed E-state index contributed by atoms with van der Waals surface area (Å²) >= 11 is 0. The van der Waals surface area contributed by atoms with Crippen LogP contribution in [0.2, 0.25) is 0 Å². The van der Waals surface area contributed by atoms with Gasteiger partial charge in [-0.3, -0.25) is 4.79 Å². The lowest BCUT2D eigenvalue weighted by atomic mass is 9.44. The number of fused-ring (bicyclic) bond motifs is 4. The summed E-state index contributed by atoms with van der Waals surface area (Å²) in [6, 6.07) is 0. The number of carbonyl (C=O) groups excluding carboxylic acids is 1. The Labute approximate surface area is 290 Å². The van der Waals surface area contributed by atoms with E-state index in [0.29, 0.717) is 6.42 Å². The summed E-state index contributed by atoms with van der Waals surface area (Å²) in [7, 11) is 1.57. The Kier molecular flexibility index (Phi) is 8.27. The molecule has 0 aromatic rings. The maximum Gasteiger partial charge on any atom is 0.303 e. The van der Waals surface area contributed by atoms with Crippen LogP contribution in [0.4, 0.5) is 0 Å². The van der Waals surface area contributed by atoms with Crippen LogP contribution in [0.15, 0.2) is 11.6 Å². The van der Waals surface area contributed by atoms with Gasteiger partial charge < -0.3 is 49.2 Å². The zero-order valence-corrected chi connectivity index (χ0v) is 30.8. The van der Waals surface area contributed by atoms with Gasteiger partial charge in [0.2, 0.25) is 0 Å². The Morgan fingerprint density at radius 2 is 1.76 bits per heavy atom. The molecule has 7 aliphatic rings. The minimum atomic E-state index is -1.84. The average molecular weight is 693 g/mol. The van der Waals surface area contributed by atoms with E-state index < -0.39 is 71.1 Å². The largest absolute Gasteiger partial charge is 0.457 e. The number of carbonyl (C=O) groups is 1. The molecule has 0 bridgehead atoms. The molecule has 7 rings (SSSR count). The molecule has 278 valence electrons. The third-order valence-corrected chi connectivity index (χ3v) is 15.8. The molecule has 49 heavy (non-hydrogen) atoms. The highest BCUT2D eigenvalue weighted by molar-refractivity contribution is 5.66. The van der Waals surface area contributed by atoms with Crippen molar-refractivity contribution in [3.05, 3.63) is 11.6 Å². The zero-order valence-electron chi connectivity index (χ0n) is 30.8. The van der Waals surface area contributed by atoms with Gasteiger partial charge in [0.15, 0.2) is 18.2 Å². The standard InChI is InChI=1S/C38H60O11/c1-19-16-22(29(47-20(2)39)33(5,6)45-9)49-38(44)28(19)34(7)14-15-37-18-36(37)13-12-25(48-30-27(42)26(41)21(40)17-46-30)32(3,4)23(36)10-11-24(37)35(34,8)31(38)43/h11,19,21-23,25-31,40-44H,10,12-18H2,1-9H3/t19-,21-,22+,23-,25+,26+,27-,28-,29+,30+,31-,34-,35-,36-,37+,38-/m1/s1. The van der Waals surface area contributed by atoms with Crippen LogP contribution in [0.25, 0.3) is 0 Å². The topological polar surface area (TPSA) is 164 Å². The minimum Gasteiger partial charge on any atom is -0.457 e. The van der Waals surface area contributed by atoms with Crippen molar-refractivity contribution in [1.82, 2.24) is 0 Å². The molecule has 2 saturated heterocycles. The predicted molar refractivity (Wildman–Crippen MR) is 177 cm³/mol. The molecule has 0 aromatic carbocycles. The van der Waals surface area contributed by atoms with E-state index in [0.717, 1.165) is 38.5 Å². The van der Waals surface area contributed by atoms with E-state index in [-0.39, 0.29) is 46.7 Å². The van der Waals surface area contributed by atoms with Crippen LogP contribution in [0, 0.1) is 44.8 Å². The van der Waals surface area contributed by atoms with Crippen molar-refractivity contribution in [2.75, 3.05) is 13.7 Å². The first-order chi connectivity index (χ1) is 22.7. The van der Waals surface area contributed by atoms with Crippen molar-refractivity contribution in [2.24, 2.45) is 44.8 Å². The first kappa shape index (κ1) is 36.2. The first-order valence-corrected chi connectivity index (χ1v) is 18.5. The molecule has 0 unspecified atom stereocenters. The molecule has 6 fully saturated rings. The summed E-state index contributed by atoms with van der Waals surface area (Å²) in [4.78, 5) is 12.2. The number of ether oxygens (including phenoxy) is 5. The number of hydrogen-bond acceptors (Lipinski definition) is 11. The summed E-state index contributed by atoms with van der Waals surface area (Å²) in [6.07, 6.45) is 0.594. The van der Waals surface area contributed by atoms with Gasteiger partial charge in [0.25, 0.3) is 0 Å². The molecule has 2 spiro atoms. The van der Waals surface area contributed by atoms with Crippen LogP contribution >= 0.6 is 0 Å². The summed E-state index contributed by atoms with van der Waals surface area (Å²) in [5.74, 6) is -2.37. The molecule has 11 nitrogen and oxygen atoms in total. The number of rotatable bonds is 6. The molecule has 5 aliphatic carbocycles. The van der Waals surface area contributed by atoms with Gasteiger partial charge >= 0.3 is 5.97 Å². The molecule has 4 saturated carbocycles. The Hall–Kier alpha value is -1.15. The maximum atomic E-state index is 12.7. The van der Waals surface area contributed by atoms with Crippen LogP contribution < -0.4 is 0 Å². The van der Waals surface area contributed by atoms with E-state index in [1.807, 2.05) is 13.8 Å². The molecule has 2 heterocycles. The monoisotopic (exact) mass is 692 g/mol. The van der Waals surface area contributed by atoms with E-state index in [1.165, 1.54) is 12.5 Å². The van der Waals surface area contributed by atoms with Gasteiger partial charge in [-0.25, -0.2) is 0 Å². The van der Waals surface area contributed by atoms with Crippen LogP contribution in [0.1, 0.15) is 100 Å². The highest BCUT2D eigenvalue weighted by Gasteiger charge is 2.85. The van der Waals surface area contributed by atoms with Crippen molar-refractivity contribution < 1.29 is 54.0 Å². The van der Waals surface area contributed by atoms with Gasteiger partial charge in [0, 0.05) is 25.4 Å². The van der Waals surface area contributed by atoms with Crippen LogP contribution in [-0.2, 0) is 28.5 Å². The van der Waals surface area contributed by atoms with Crippen molar-refractivity contribution in [3.63, 3.8) is 0 Å². The van der Waals surface area contributed by atoms with E-state index in [9.17, 15) is 30.3 Å². The Bertz CT molecular complexity index is 1380. The van der Waals surface area contributed by atoms with Gasteiger partial charge in [-0.15, -0.1) is 0 Å². The predicted octanol–water partition coefficient (Wildman–Crippen LogP) is 3.22. The van der Waals surface area contributed by atoms with Gasteiger partial charge in [0.05, 0.1) is 12.7 Å². The third-order valence-electron chi connectivity index (χ3n) is 15.8. The lowest BCUT2D eigenvalue weighted by molar-refractivity contribution is -0.342. The molecule has 16 atom stereocenters. The van der Waals surface area contributed by atoms with Gasteiger partial charge in [-0.05, 0) is 92.3 Å². The van der Waals surface area contributed by atoms with Crippen LogP contribution in [0.3, 0.4) is 0 Å². The van der Waals surface area contributed by atoms with Crippen molar-refractivity contribution in [2.45, 2.75) is 161 Å². The molecule has 0 aromatic heterocycles. The van der Waals surface area contributed by atoms with Gasteiger partial charge in [-0.2, -0.15) is 0 Å². The van der Waals surface area contributed by atoms with Gasteiger partial charge in [0.1, 0.15) is 36.1 Å². The maximum absolute atomic E-state index is 12.7. The Morgan fingerprint density at radius 3 is 2.41 bits per heavy atom. The molecule has 2 aliphatic heterocycles. The summed E-state index contributed by atoms with van der Waals surface area (Å²) < 4.78 is 30.3. The van der Waals surface area contributed by atoms with E-state index >= 15 is 0 Å². The third kappa shape index (κ3) is 4.55. The number of allylic oxidation sites excluding steroid dienone is 1. The zero-order chi connectivity index (χ0) is 35.9. The second-order valence-electron chi connectivity index (χ2n) is 18.5. The van der Waals surface area contributed by atoms with Crippen molar-refractivity contribution >= 4 is 5.97 Å². The molecule has 0 amide bonds. The SMILES string of the molecule is COC(C)(C)[C@@H](OC(C)=O)[C@@H]1C[C@@H](C)[C@H]2[C@@](O)(O1)[C@H](O)[C@@]1(C)C3=CC[C@@H]4C(C)(C)[C@@H](O[C@@H]5OC[C@@H](O)[C@H](O)[C@H]5O)CC[C@@]45C[C@@]35CC[C@]21C. The van der Waals surface area contributed by atoms with Crippen LogP contribution in [0.5, 0.6) is 0 Å². The number of esters is 1. The van der Waals surface area contributed by atoms with E-state index in [4.69, 9.17) is 23.7 Å². The Balaban J connectivity index is 1.20. The molecule has 11 heteroatoms. The van der Waals surface area contributed by atoms with Crippen molar-refractivity contribution in [3.8, 4) is 0 Å². The minimum absolute atomic E-state index is 0.0283. The first-order valence-electron chi connectivity index (χ1n) is 18.5. The van der Waals surface area contributed by atoms with Crippen molar-refractivity contribution in [1.29, 1.82) is 0 Å². The molecular formula is C38H60O11. The smallest absolute Gasteiger partial charge is 0.303 e. The highest BCUT2D eigenvalue weighted by Crippen LogP contribution is 2.88. The number of methoxy groups -OCH3 is 1. The summed E-state index contributed by atoms with van der Waals surface area (Å²) in [5.41, 5.74) is -1.15. The van der Waals surface area contributed by atoms with E-state index in [1.54, 1.807) is 7.11 Å².